The van der Waals surface area contributed by atoms with E-state index >= 15 is 0 Å². The summed E-state index contributed by atoms with van der Waals surface area (Å²) in [6.45, 7) is 0. The molecule has 0 aromatic carbocycles. The van der Waals surface area contributed by atoms with Gasteiger partial charge in [-0.05, 0) is 37.9 Å². The first-order valence-electron chi connectivity index (χ1n) is 2.27. The van der Waals surface area contributed by atoms with Crippen molar-refractivity contribution < 1.29 is 39.5 Å². The zero-order valence-electron chi connectivity index (χ0n) is 5.56. The molecule has 0 atom stereocenters. The number of carbonyl (C=O) groups is 1. The van der Waals surface area contributed by atoms with E-state index in [4.69, 9.17) is 0 Å². The number of carboxylic acid groups (broad SMARTS) is 1. The maximum Gasteiger partial charge on any atom is 1.00 e. The molecule has 0 aliphatic carbocycles. The molecule has 1 aromatic rings. The number of hydrogen-bond donors (Lipinski definition) is 0. The van der Waals surface area contributed by atoms with Gasteiger partial charge in [0, 0.05) is 4.47 Å². The molecular formula is C5HBr2NaO2S. The number of aromatic carboxylic acids is 1. The van der Waals surface area contributed by atoms with E-state index in [0.29, 0.717) is 0 Å². The van der Waals surface area contributed by atoms with Crippen molar-refractivity contribution in [3.63, 3.8) is 0 Å². The Morgan fingerprint density at radius 1 is 1.55 bits per heavy atom. The van der Waals surface area contributed by atoms with E-state index in [1.54, 1.807) is 0 Å². The van der Waals surface area contributed by atoms with Gasteiger partial charge >= 0.3 is 29.6 Å². The molecule has 0 N–H and O–H groups in total. The van der Waals surface area contributed by atoms with Crippen LogP contribution in [0.3, 0.4) is 0 Å². The molecule has 1 heterocycles. The van der Waals surface area contributed by atoms with Crippen LogP contribution in [0.4, 0.5) is 0 Å². The first-order chi connectivity index (χ1) is 4.61. The summed E-state index contributed by atoms with van der Waals surface area (Å²) in [5.74, 6) is -1.14. The van der Waals surface area contributed by atoms with E-state index in [9.17, 15) is 9.90 Å². The van der Waals surface area contributed by atoms with Crippen molar-refractivity contribution in [2.24, 2.45) is 0 Å². The van der Waals surface area contributed by atoms with Crippen LogP contribution in [-0.2, 0) is 0 Å². The normalized spacial score (nSPS) is 8.91. The van der Waals surface area contributed by atoms with E-state index in [1.165, 1.54) is 6.07 Å². The third-order valence-corrected chi connectivity index (χ3v) is 4.08. The molecule has 11 heavy (non-hydrogen) atoms. The summed E-state index contributed by atoms with van der Waals surface area (Å²) in [4.78, 5) is 10.4. The van der Waals surface area contributed by atoms with Crippen molar-refractivity contribution in [3.8, 4) is 0 Å². The van der Waals surface area contributed by atoms with Crippen molar-refractivity contribution in [2.45, 2.75) is 0 Å². The van der Waals surface area contributed by atoms with Crippen molar-refractivity contribution in [3.05, 3.63) is 19.2 Å². The number of carboxylic acids is 1. The summed E-state index contributed by atoms with van der Waals surface area (Å²) < 4.78 is 1.52. The Bertz CT molecular complexity index is 254. The Balaban J connectivity index is 0.000001000. The molecule has 54 valence electrons. The summed E-state index contributed by atoms with van der Waals surface area (Å²) in [7, 11) is 0. The molecule has 1 aromatic heterocycles. The molecule has 0 amide bonds. The molecule has 0 saturated carbocycles. The molecule has 0 radical (unpaired) electrons. The van der Waals surface area contributed by atoms with Gasteiger partial charge in [0.15, 0.2) is 0 Å². The molecular weight excluding hydrogens is 307 g/mol. The van der Waals surface area contributed by atoms with Crippen LogP contribution in [0, 0.1) is 0 Å². The monoisotopic (exact) mass is 306 g/mol. The minimum atomic E-state index is -1.14. The van der Waals surface area contributed by atoms with Gasteiger partial charge in [-0.2, -0.15) is 0 Å². The SMILES string of the molecule is O=C([O-])c1cc(Br)c(Br)s1.[Na+]. The maximum atomic E-state index is 10.2. The van der Waals surface area contributed by atoms with Crippen LogP contribution in [0.15, 0.2) is 14.3 Å². The molecule has 0 fully saturated rings. The van der Waals surface area contributed by atoms with Crippen molar-refractivity contribution in [2.75, 3.05) is 0 Å². The van der Waals surface area contributed by atoms with E-state index in [-0.39, 0.29) is 34.4 Å². The molecule has 6 heteroatoms. The first kappa shape index (κ1) is 12.1. The molecule has 0 unspecified atom stereocenters. The topological polar surface area (TPSA) is 40.1 Å². The fourth-order valence-corrected chi connectivity index (χ4v) is 2.32. The average molecular weight is 308 g/mol. The minimum absolute atomic E-state index is 0. The third kappa shape index (κ3) is 3.16. The number of rotatable bonds is 1. The predicted molar refractivity (Wildman–Crippen MR) is 44.0 cm³/mol. The van der Waals surface area contributed by atoms with Crippen LogP contribution >= 0.6 is 43.2 Å². The third-order valence-electron chi connectivity index (χ3n) is 0.846. The summed E-state index contributed by atoms with van der Waals surface area (Å²) >= 11 is 7.45. The van der Waals surface area contributed by atoms with E-state index in [2.05, 4.69) is 31.9 Å². The summed E-state index contributed by atoms with van der Waals surface area (Å²) in [5, 5.41) is 10.2. The number of halogens is 2. The summed E-state index contributed by atoms with van der Waals surface area (Å²) in [5.41, 5.74) is 0. The fraction of sp³-hybridized carbons (Fsp3) is 0. The van der Waals surface area contributed by atoms with E-state index in [0.717, 1.165) is 19.6 Å². The van der Waals surface area contributed by atoms with Gasteiger partial charge in [0.2, 0.25) is 0 Å². The van der Waals surface area contributed by atoms with Gasteiger partial charge in [-0.15, -0.1) is 11.3 Å². The Morgan fingerprint density at radius 2 is 2.09 bits per heavy atom. The molecule has 0 aliphatic heterocycles. The Morgan fingerprint density at radius 3 is 2.27 bits per heavy atom. The number of thiophene rings is 1. The average Bonchev–Trinajstić information content (AvgIpc) is 2.13. The fourth-order valence-electron chi connectivity index (χ4n) is 0.447. The molecule has 0 aliphatic rings. The zero-order chi connectivity index (χ0) is 7.72. The first-order valence-corrected chi connectivity index (χ1v) is 4.67. The number of hydrogen-bond acceptors (Lipinski definition) is 3. The Hall–Kier alpha value is 1.13. The van der Waals surface area contributed by atoms with Crippen LogP contribution in [0.5, 0.6) is 0 Å². The standard InChI is InChI=1S/C5H2Br2O2S.Na/c6-2-1-3(5(8)9)10-4(2)7;/h1H,(H,8,9);/q;+1/p-1. The van der Waals surface area contributed by atoms with Gasteiger partial charge in [0.25, 0.3) is 0 Å². The van der Waals surface area contributed by atoms with Crippen molar-refractivity contribution in [1.82, 2.24) is 0 Å². The van der Waals surface area contributed by atoms with Gasteiger partial charge in [0.1, 0.15) is 0 Å². The van der Waals surface area contributed by atoms with Crippen LogP contribution in [0.25, 0.3) is 0 Å². The quantitative estimate of drug-likeness (QED) is 0.601. The Labute approximate surface area is 107 Å². The van der Waals surface area contributed by atoms with Crippen LogP contribution in [0.2, 0.25) is 0 Å². The molecule has 0 spiro atoms. The second-order valence-corrected chi connectivity index (χ2v) is 4.74. The van der Waals surface area contributed by atoms with E-state index < -0.39 is 5.97 Å². The molecule has 0 saturated heterocycles. The van der Waals surface area contributed by atoms with Gasteiger partial charge in [-0.1, -0.05) is 0 Å². The second-order valence-electron chi connectivity index (χ2n) is 1.52. The predicted octanol–water partition coefficient (Wildman–Crippen LogP) is -1.36. The largest absolute Gasteiger partial charge is 1.00 e. The summed E-state index contributed by atoms with van der Waals surface area (Å²) in [6, 6.07) is 1.50. The number of carbonyl (C=O) groups excluding carboxylic acids is 1. The van der Waals surface area contributed by atoms with Crippen LogP contribution in [0.1, 0.15) is 9.67 Å². The Kier molecular flexibility index (Phi) is 5.50. The zero-order valence-corrected chi connectivity index (χ0v) is 11.5. The molecule has 1 rings (SSSR count). The second kappa shape index (κ2) is 4.99. The van der Waals surface area contributed by atoms with Crippen molar-refractivity contribution >= 4 is 49.2 Å². The molecule has 2 nitrogen and oxygen atoms in total. The van der Waals surface area contributed by atoms with Crippen molar-refractivity contribution in [1.29, 1.82) is 0 Å². The van der Waals surface area contributed by atoms with Gasteiger partial charge in [-0.3, -0.25) is 0 Å². The van der Waals surface area contributed by atoms with Crippen LogP contribution in [-0.4, -0.2) is 5.97 Å². The van der Waals surface area contributed by atoms with E-state index in [1.807, 2.05) is 0 Å². The molecule has 0 bridgehead atoms. The maximum absolute atomic E-state index is 10.2. The van der Waals surface area contributed by atoms with Gasteiger partial charge < -0.3 is 9.90 Å². The smallest absolute Gasteiger partial charge is 0.544 e. The van der Waals surface area contributed by atoms with Gasteiger partial charge in [0.05, 0.1) is 14.6 Å². The minimum Gasteiger partial charge on any atom is -0.544 e. The summed E-state index contributed by atoms with van der Waals surface area (Å²) in [6.07, 6.45) is 0. The van der Waals surface area contributed by atoms with Crippen LogP contribution < -0.4 is 34.7 Å². The van der Waals surface area contributed by atoms with Gasteiger partial charge in [-0.25, -0.2) is 0 Å².